The van der Waals surface area contributed by atoms with E-state index < -0.39 is 70.9 Å². The summed E-state index contributed by atoms with van der Waals surface area (Å²) in [6.45, 7) is -1.94. The minimum Gasteiger partial charge on any atom is -0.477 e. The van der Waals surface area contributed by atoms with Gasteiger partial charge in [0.1, 0.15) is 11.7 Å². The number of esters is 1. The van der Waals surface area contributed by atoms with Gasteiger partial charge >= 0.3 is 24.0 Å². The maximum Gasteiger partial charge on any atom is 0.422 e. The molecule has 1 unspecified atom stereocenters. The van der Waals surface area contributed by atoms with E-state index in [2.05, 4.69) is 14.2 Å². The van der Waals surface area contributed by atoms with E-state index >= 15 is 0 Å². The van der Waals surface area contributed by atoms with Crippen LogP contribution in [-0.2, 0) is 14.3 Å². The van der Waals surface area contributed by atoms with Crippen LogP contribution in [0.4, 0.5) is 32.0 Å². The number of rotatable bonds is 9. The Kier molecular flexibility index (Phi) is 8.01. The summed E-state index contributed by atoms with van der Waals surface area (Å²) in [4.78, 5) is 33.9. The summed E-state index contributed by atoms with van der Waals surface area (Å²) in [6, 6.07) is 1.15. The monoisotopic (exact) mass is 447 g/mol. The summed E-state index contributed by atoms with van der Waals surface area (Å²) in [7, 11) is 0. The molecule has 30 heavy (non-hydrogen) atoms. The fraction of sp³-hybridized carbons (Fsp3) is 0.500. The minimum absolute atomic E-state index is 0.190. The first kappa shape index (κ1) is 25.0. The Bertz CT molecular complexity index is 767. The predicted molar refractivity (Wildman–Crippen MR) is 86.3 cm³/mol. The van der Waals surface area contributed by atoms with Gasteiger partial charge in [-0.25, -0.2) is 0 Å². The molecule has 0 bridgehead atoms. The van der Waals surface area contributed by atoms with Crippen LogP contribution in [0.15, 0.2) is 12.1 Å². The number of halogens is 6. The van der Waals surface area contributed by atoms with E-state index in [0.29, 0.717) is 12.1 Å². The lowest BCUT2D eigenvalue weighted by Gasteiger charge is -2.18. The lowest BCUT2D eigenvalue weighted by Crippen LogP contribution is -2.24. The van der Waals surface area contributed by atoms with Crippen molar-refractivity contribution in [1.29, 1.82) is 0 Å². The summed E-state index contributed by atoms with van der Waals surface area (Å²) < 4.78 is 88.3. The molecule has 0 spiro atoms. The molecule has 0 saturated carbocycles. The third kappa shape index (κ3) is 7.40. The molecule has 0 aliphatic rings. The highest BCUT2D eigenvalue weighted by molar-refractivity contribution is 6.03. The maximum absolute atomic E-state index is 12.5. The zero-order valence-corrected chi connectivity index (χ0v) is 15.4. The van der Waals surface area contributed by atoms with Crippen LogP contribution in [0.3, 0.4) is 0 Å². The van der Waals surface area contributed by atoms with Crippen molar-refractivity contribution in [2.24, 2.45) is 0 Å². The molecule has 168 valence electrons. The van der Waals surface area contributed by atoms with E-state index in [1.165, 1.54) is 6.92 Å². The van der Waals surface area contributed by atoms with Crippen LogP contribution in [0, 0.1) is 10.1 Å². The number of nitrogens with zero attached hydrogens (tertiary/aromatic N) is 1. The highest BCUT2D eigenvalue weighted by Gasteiger charge is 2.36. The van der Waals surface area contributed by atoms with Gasteiger partial charge < -0.3 is 14.2 Å². The normalized spacial score (nSPS) is 12.8. The van der Waals surface area contributed by atoms with Crippen LogP contribution in [0.25, 0.3) is 0 Å². The number of Topliss-reactive ketones (excluding diaryl/α,β-unsaturated/α-hetero) is 1. The van der Waals surface area contributed by atoms with Crippen LogP contribution in [0.2, 0.25) is 0 Å². The van der Waals surface area contributed by atoms with Crippen molar-refractivity contribution in [3.8, 4) is 11.5 Å². The van der Waals surface area contributed by atoms with Gasteiger partial charge in [-0.15, -0.1) is 0 Å². The number of nitro groups is 1. The van der Waals surface area contributed by atoms with Crippen LogP contribution in [0.1, 0.15) is 25.3 Å². The van der Waals surface area contributed by atoms with Crippen LogP contribution in [0.5, 0.6) is 11.5 Å². The van der Waals surface area contributed by atoms with Gasteiger partial charge in [-0.3, -0.25) is 19.7 Å². The van der Waals surface area contributed by atoms with Crippen LogP contribution < -0.4 is 9.47 Å². The second-order valence-corrected chi connectivity index (χ2v) is 5.73. The zero-order valence-electron chi connectivity index (χ0n) is 15.4. The van der Waals surface area contributed by atoms with Gasteiger partial charge in [-0.2, -0.15) is 26.3 Å². The standard InChI is InChI=1S/C16H15F6NO7/c1-3-28-14(25)12(8(2)24)9-4-10(29-6-15(17,18)19)13(23(26)27)11(5-9)30-7-16(20,21)22/h4-5,12H,3,6-7H2,1-2H3. The second kappa shape index (κ2) is 9.63. The number of alkyl halides is 6. The average molecular weight is 447 g/mol. The molecule has 0 aliphatic carbocycles. The molecule has 1 atom stereocenters. The van der Waals surface area contributed by atoms with Crippen LogP contribution in [-0.4, -0.2) is 48.8 Å². The molecule has 0 heterocycles. The minimum atomic E-state index is -4.95. The Morgan fingerprint density at radius 1 is 1.03 bits per heavy atom. The quantitative estimate of drug-likeness (QED) is 0.187. The number of ether oxygens (including phenoxy) is 3. The molecular weight excluding hydrogens is 432 g/mol. The van der Waals surface area contributed by atoms with Crippen molar-refractivity contribution in [3.63, 3.8) is 0 Å². The second-order valence-electron chi connectivity index (χ2n) is 5.73. The number of benzene rings is 1. The maximum atomic E-state index is 12.5. The van der Waals surface area contributed by atoms with Crippen LogP contribution >= 0.6 is 0 Å². The number of carbonyl (C=O) groups excluding carboxylic acids is 2. The van der Waals surface area contributed by atoms with Crippen molar-refractivity contribution in [3.05, 3.63) is 27.8 Å². The molecule has 0 saturated heterocycles. The van der Waals surface area contributed by atoms with Gasteiger partial charge in [0.2, 0.25) is 11.5 Å². The lowest BCUT2D eigenvalue weighted by atomic mass is 9.94. The van der Waals surface area contributed by atoms with Crippen molar-refractivity contribution >= 4 is 17.4 Å². The first-order valence-electron chi connectivity index (χ1n) is 8.04. The summed E-state index contributed by atoms with van der Waals surface area (Å²) in [5, 5.41) is 11.3. The molecule has 1 rings (SSSR count). The number of carbonyl (C=O) groups is 2. The predicted octanol–water partition coefficient (Wildman–Crippen LogP) is 3.71. The lowest BCUT2D eigenvalue weighted by molar-refractivity contribution is -0.387. The molecule has 0 fully saturated rings. The van der Waals surface area contributed by atoms with Crippen molar-refractivity contribution < 1.29 is 55.1 Å². The highest BCUT2D eigenvalue weighted by Crippen LogP contribution is 2.41. The summed E-state index contributed by atoms with van der Waals surface area (Å²) in [5.74, 6) is -6.11. The van der Waals surface area contributed by atoms with E-state index in [0.717, 1.165) is 6.92 Å². The Labute approximate surface area is 164 Å². The summed E-state index contributed by atoms with van der Waals surface area (Å²) in [6.07, 6.45) is -9.89. The fourth-order valence-electron chi connectivity index (χ4n) is 2.25. The third-order valence-corrected chi connectivity index (χ3v) is 3.29. The number of nitro benzene ring substituents is 1. The zero-order chi connectivity index (χ0) is 23.3. The Morgan fingerprint density at radius 3 is 1.77 bits per heavy atom. The molecule has 0 radical (unpaired) electrons. The molecule has 14 heteroatoms. The molecule has 8 nitrogen and oxygen atoms in total. The van der Waals surface area contributed by atoms with Crippen molar-refractivity contribution in [2.75, 3.05) is 19.8 Å². The van der Waals surface area contributed by atoms with Gasteiger partial charge in [0, 0.05) is 0 Å². The SMILES string of the molecule is CCOC(=O)C(C(C)=O)c1cc(OCC(F)(F)F)c([N+](=O)[O-])c(OCC(F)(F)F)c1. The first-order valence-corrected chi connectivity index (χ1v) is 8.04. The number of hydrogen-bond donors (Lipinski definition) is 0. The topological polar surface area (TPSA) is 105 Å². The smallest absolute Gasteiger partial charge is 0.422 e. The molecule has 0 aromatic heterocycles. The third-order valence-electron chi connectivity index (χ3n) is 3.29. The summed E-state index contributed by atoms with van der Waals surface area (Å²) >= 11 is 0. The van der Waals surface area contributed by atoms with E-state index in [-0.39, 0.29) is 6.61 Å². The first-order chi connectivity index (χ1) is 13.7. The molecular formula is C16H15F6NO7. The van der Waals surface area contributed by atoms with Gasteiger partial charge in [0.15, 0.2) is 13.2 Å². The molecule has 1 aromatic rings. The van der Waals surface area contributed by atoms with Crippen molar-refractivity contribution in [2.45, 2.75) is 32.1 Å². The molecule has 0 N–H and O–H groups in total. The molecule has 1 aromatic carbocycles. The van der Waals surface area contributed by atoms with Gasteiger partial charge in [0.25, 0.3) is 0 Å². The van der Waals surface area contributed by atoms with Gasteiger partial charge in [-0.05, 0) is 31.5 Å². The van der Waals surface area contributed by atoms with E-state index in [4.69, 9.17) is 0 Å². The van der Waals surface area contributed by atoms with E-state index in [1.807, 2.05) is 0 Å². The van der Waals surface area contributed by atoms with E-state index in [9.17, 15) is 46.0 Å². The summed E-state index contributed by atoms with van der Waals surface area (Å²) in [5.41, 5.74) is -1.83. The number of ketones is 1. The Balaban J connectivity index is 3.62. The Hall–Kier alpha value is -3.06. The van der Waals surface area contributed by atoms with Gasteiger partial charge in [0.05, 0.1) is 11.5 Å². The Morgan fingerprint density at radius 2 is 1.47 bits per heavy atom. The molecule has 0 amide bonds. The highest BCUT2D eigenvalue weighted by atomic mass is 19.4. The number of hydrogen-bond acceptors (Lipinski definition) is 7. The van der Waals surface area contributed by atoms with Gasteiger partial charge in [-0.1, -0.05) is 0 Å². The largest absolute Gasteiger partial charge is 0.477 e. The molecule has 0 aliphatic heterocycles. The van der Waals surface area contributed by atoms with E-state index in [1.54, 1.807) is 0 Å². The fourth-order valence-corrected chi connectivity index (χ4v) is 2.25. The average Bonchev–Trinajstić information content (AvgIpc) is 2.56. The van der Waals surface area contributed by atoms with Crippen molar-refractivity contribution in [1.82, 2.24) is 0 Å².